The number of benzene rings is 4. The SMILES string of the molecule is COc1ccc(NS(=O)(=O)c2ccc(NC(=O)c3ccc(CN4CCC(Cc5ccccc5)CC4)cc3)cc2)cc1. The molecule has 1 amide bonds. The maximum atomic E-state index is 12.8. The highest BCUT2D eigenvalue weighted by molar-refractivity contribution is 7.92. The molecule has 8 heteroatoms. The minimum absolute atomic E-state index is 0.0970. The number of amides is 1. The van der Waals surface area contributed by atoms with E-state index in [4.69, 9.17) is 4.74 Å². The Morgan fingerprint density at radius 3 is 2.07 bits per heavy atom. The fraction of sp³-hybridized carbons (Fsp3) is 0.242. The molecule has 4 aromatic carbocycles. The number of nitrogens with zero attached hydrogens (tertiary/aromatic N) is 1. The number of likely N-dealkylation sites (tertiary alicyclic amines) is 1. The van der Waals surface area contributed by atoms with E-state index >= 15 is 0 Å². The number of carbonyl (C=O) groups is 1. The Balaban J connectivity index is 1.10. The molecule has 0 spiro atoms. The van der Waals surface area contributed by atoms with E-state index in [1.165, 1.54) is 36.1 Å². The molecule has 0 atom stereocenters. The first-order valence-electron chi connectivity index (χ1n) is 13.8. The van der Waals surface area contributed by atoms with Crippen LogP contribution in [0.25, 0.3) is 0 Å². The maximum absolute atomic E-state index is 12.8. The summed E-state index contributed by atoms with van der Waals surface area (Å²) in [6.07, 6.45) is 3.55. The van der Waals surface area contributed by atoms with Crippen LogP contribution in [0.4, 0.5) is 11.4 Å². The minimum Gasteiger partial charge on any atom is -0.497 e. The number of sulfonamides is 1. The van der Waals surface area contributed by atoms with Gasteiger partial charge in [-0.3, -0.25) is 14.4 Å². The molecule has 1 saturated heterocycles. The summed E-state index contributed by atoms with van der Waals surface area (Å²) in [4.78, 5) is 15.4. The summed E-state index contributed by atoms with van der Waals surface area (Å²) < 4.78 is 33.1. The van der Waals surface area contributed by atoms with Crippen LogP contribution in [0.1, 0.15) is 34.3 Å². The van der Waals surface area contributed by atoms with E-state index in [0.29, 0.717) is 22.7 Å². The topological polar surface area (TPSA) is 87.7 Å². The van der Waals surface area contributed by atoms with E-state index < -0.39 is 10.0 Å². The van der Waals surface area contributed by atoms with Crippen LogP contribution in [0.15, 0.2) is 108 Å². The summed E-state index contributed by atoms with van der Waals surface area (Å²) in [6, 6.07) is 31.1. The lowest BCUT2D eigenvalue weighted by atomic mass is 9.90. The standard InChI is InChI=1S/C33H35N3O4S/c1-40-31-15-11-30(12-16-31)35-41(38,39)32-17-13-29(14-18-32)34-33(37)28-9-7-27(8-10-28)24-36-21-19-26(20-22-36)23-25-5-3-2-4-6-25/h2-18,26,35H,19-24H2,1H3,(H,34,37). The Bertz CT molecular complexity index is 1530. The van der Waals surface area contributed by atoms with Gasteiger partial charge in [0.25, 0.3) is 15.9 Å². The van der Waals surface area contributed by atoms with Gasteiger partial charge in [-0.2, -0.15) is 0 Å². The first-order valence-corrected chi connectivity index (χ1v) is 15.3. The quantitative estimate of drug-likeness (QED) is 0.237. The Labute approximate surface area is 242 Å². The van der Waals surface area contributed by atoms with Gasteiger partial charge in [0.05, 0.1) is 12.0 Å². The fourth-order valence-electron chi connectivity index (χ4n) is 5.11. The first kappa shape index (κ1) is 28.4. The number of rotatable bonds is 10. The summed E-state index contributed by atoms with van der Waals surface area (Å²) in [5, 5.41) is 2.85. The summed E-state index contributed by atoms with van der Waals surface area (Å²) in [6.45, 7) is 3.04. The number of hydrogen-bond donors (Lipinski definition) is 2. The Hall–Kier alpha value is -4.14. The van der Waals surface area contributed by atoms with Crippen molar-refractivity contribution in [1.82, 2.24) is 4.90 Å². The molecule has 0 unspecified atom stereocenters. The highest BCUT2D eigenvalue weighted by Gasteiger charge is 2.20. The van der Waals surface area contributed by atoms with Crippen molar-refractivity contribution in [3.05, 3.63) is 120 Å². The van der Waals surface area contributed by atoms with Gasteiger partial charge >= 0.3 is 0 Å². The van der Waals surface area contributed by atoms with E-state index in [2.05, 4.69) is 45.3 Å². The monoisotopic (exact) mass is 569 g/mol. The van der Waals surface area contributed by atoms with E-state index in [0.717, 1.165) is 32.0 Å². The number of piperidine rings is 1. The van der Waals surface area contributed by atoms with Crippen LogP contribution in [-0.2, 0) is 23.0 Å². The number of ether oxygens (including phenoxy) is 1. The molecule has 1 aliphatic rings. The van der Waals surface area contributed by atoms with Crippen LogP contribution in [0.5, 0.6) is 5.75 Å². The number of hydrogen-bond acceptors (Lipinski definition) is 5. The van der Waals surface area contributed by atoms with Crippen LogP contribution in [0, 0.1) is 5.92 Å². The summed E-state index contributed by atoms with van der Waals surface area (Å²) >= 11 is 0. The molecule has 2 N–H and O–H groups in total. The van der Waals surface area contributed by atoms with Crippen molar-refractivity contribution in [3.63, 3.8) is 0 Å². The molecule has 0 saturated carbocycles. The Kier molecular flexibility index (Phi) is 9.01. The maximum Gasteiger partial charge on any atom is 0.261 e. The normalized spacial score (nSPS) is 14.4. The molecular weight excluding hydrogens is 534 g/mol. The lowest BCUT2D eigenvalue weighted by Gasteiger charge is -2.32. The molecule has 0 bridgehead atoms. The summed E-state index contributed by atoms with van der Waals surface area (Å²) in [5.41, 5.74) is 4.10. The first-order chi connectivity index (χ1) is 19.9. The van der Waals surface area contributed by atoms with Crippen LogP contribution >= 0.6 is 0 Å². The second-order valence-corrected chi connectivity index (χ2v) is 12.1. The van der Waals surface area contributed by atoms with Crippen LogP contribution in [0.3, 0.4) is 0 Å². The second-order valence-electron chi connectivity index (χ2n) is 10.4. The van der Waals surface area contributed by atoms with Crippen molar-refractivity contribution in [2.24, 2.45) is 5.92 Å². The average Bonchev–Trinajstić information content (AvgIpc) is 2.99. The van der Waals surface area contributed by atoms with Gasteiger partial charge in [0, 0.05) is 23.5 Å². The third kappa shape index (κ3) is 7.74. The molecule has 212 valence electrons. The van der Waals surface area contributed by atoms with Gasteiger partial charge in [-0.25, -0.2) is 8.42 Å². The third-order valence-electron chi connectivity index (χ3n) is 7.46. The molecule has 41 heavy (non-hydrogen) atoms. The highest BCUT2D eigenvalue weighted by Crippen LogP contribution is 2.24. The van der Waals surface area contributed by atoms with Gasteiger partial charge < -0.3 is 10.1 Å². The van der Waals surface area contributed by atoms with Crippen molar-refractivity contribution in [2.75, 3.05) is 30.2 Å². The predicted molar refractivity (Wildman–Crippen MR) is 163 cm³/mol. The predicted octanol–water partition coefficient (Wildman–Crippen LogP) is 6.20. The van der Waals surface area contributed by atoms with E-state index in [9.17, 15) is 13.2 Å². The molecule has 1 heterocycles. The number of nitrogens with one attached hydrogen (secondary N) is 2. The molecule has 1 aliphatic heterocycles. The van der Waals surface area contributed by atoms with Crippen LogP contribution < -0.4 is 14.8 Å². The molecular formula is C33H35N3O4S. The summed E-state index contributed by atoms with van der Waals surface area (Å²) in [5.74, 6) is 1.13. The van der Waals surface area contributed by atoms with Crippen molar-refractivity contribution in [1.29, 1.82) is 0 Å². The molecule has 0 aliphatic carbocycles. The molecule has 1 fully saturated rings. The van der Waals surface area contributed by atoms with Crippen LogP contribution in [-0.4, -0.2) is 39.4 Å². The Morgan fingerprint density at radius 1 is 0.805 bits per heavy atom. The number of carbonyl (C=O) groups excluding carboxylic acids is 1. The van der Waals surface area contributed by atoms with Gasteiger partial charge in [-0.05, 0) is 110 Å². The van der Waals surface area contributed by atoms with E-state index in [1.54, 1.807) is 43.5 Å². The third-order valence-corrected chi connectivity index (χ3v) is 8.86. The van der Waals surface area contributed by atoms with Gasteiger partial charge in [0.15, 0.2) is 0 Å². The van der Waals surface area contributed by atoms with E-state index in [-0.39, 0.29) is 10.8 Å². The van der Waals surface area contributed by atoms with Gasteiger partial charge in [0.1, 0.15) is 5.75 Å². The fourth-order valence-corrected chi connectivity index (χ4v) is 6.17. The largest absolute Gasteiger partial charge is 0.497 e. The molecule has 5 rings (SSSR count). The smallest absolute Gasteiger partial charge is 0.261 e. The average molecular weight is 570 g/mol. The lowest BCUT2D eigenvalue weighted by molar-refractivity contribution is 0.102. The number of anilines is 2. The van der Waals surface area contributed by atoms with Crippen LogP contribution in [0.2, 0.25) is 0 Å². The minimum atomic E-state index is -3.77. The van der Waals surface area contributed by atoms with Crippen molar-refractivity contribution < 1.29 is 17.9 Å². The number of methoxy groups -OCH3 is 1. The molecule has 0 radical (unpaired) electrons. The molecule has 4 aromatic rings. The van der Waals surface area contributed by atoms with Gasteiger partial charge in [-0.1, -0.05) is 42.5 Å². The van der Waals surface area contributed by atoms with Crippen molar-refractivity contribution >= 4 is 27.3 Å². The summed E-state index contributed by atoms with van der Waals surface area (Å²) in [7, 11) is -2.22. The Morgan fingerprint density at radius 2 is 1.44 bits per heavy atom. The molecule has 0 aromatic heterocycles. The zero-order chi connectivity index (χ0) is 28.7. The second kappa shape index (κ2) is 13.0. The molecule has 7 nitrogen and oxygen atoms in total. The van der Waals surface area contributed by atoms with Crippen molar-refractivity contribution in [2.45, 2.75) is 30.7 Å². The van der Waals surface area contributed by atoms with Gasteiger partial charge in [-0.15, -0.1) is 0 Å². The van der Waals surface area contributed by atoms with Crippen molar-refractivity contribution in [3.8, 4) is 5.75 Å². The van der Waals surface area contributed by atoms with Gasteiger partial charge in [0.2, 0.25) is 0 Å². The lowest BCUT2D eigenvalue weighted by Crippen LogP contribution is -2.33. The zero-order valence-corrected chi connectivity index (χ0v) is 23.9. The zero-order valence-electron chi connectivity index (χ0n) is 23.1. The highest BCUT2D eigenvalue weighted by atomic mass is 32.2. The van der Waals surface area contributed by atoms with E-state index in [1.807, 2.05) is 24.3 Å².